The maximum Gasteiger partial charge on any atom is 0.275 e. The second-order valence-electron chi connectivity index (χ2n) is 5.32. The Hall–Kier alpha value is -2.74. The number of halogens is 1. The summed E-state index contributed by atoms with van der Waals surface area (Å²) in [6, 6.07) is 5.95. The Balaban J connectivity index is 1.85. The lowest BCUT2D eigenvalue weighted by Crippen LogP contribution is -2.17. The zero-order valence-electron chi connectivity index (χ0n) is 14.0. The second kappa shape index (κ2) is 7.02. The highest BCUT2D eigenvalue weighted by molar-refractivity contribution is 7.14. The third-order valence-corrected chi connectivity index (χ3v) is 4.35. The first-order valence-corrected chi connectivity index (χ1v) is 8.55. The SMILES string of the molecule is CCn1nc(C)cc1C(=O)Nc1nc(-c2cc(F)ccc2OC)cs1. The van der Waals surface area contributed by atoms with E-state index in [4.69, 9.17) is 4.74 Å². The van der Waals surface area contributed by atoms with Crippen LogP contribution in [0.15, 0.2) is 29.6 Å². The van der Waals surface area contributed by atoms with E-state index < -0.39 is 0 Å². The Bertz CT molecular complexity index is 919. The van der Waals surface area contributed by atoms with Gasteiger partial charge in [0, 0.05) is 17.5 Å². The Kier molecular flexibility index (Phi) is 4.80. The number of amides is 1. The number of benzene rings is 1. The number of anilines is 1. The van der Waals surface area contributed by atoms with Gasteiger partial charge >= 0.3 is 0 Å². The number of rotatable bonds is 5. The molecule has 25 heavy (non-hydrogen) atoms. The van der Waals surface area contributed by atoms with E-state index in [1.807, 2.05) is 13.8 Å². The molecule has 2 heterocycles. The minimum absolute atomic E-state index is 0.283. The number of nitrogens with one attached hydrogen (secondary N) is 1. The minimum atomic E-state index is -0.378. The van der Waals surface area contributed by atoms with Crippen molar-refractivity contribution in [1.29, 1.82) is 0 Å². The van der Waals surface area contributed by atoms with Gasteiger partial charge in [0.1, 0.15) is 17.3 Å². The molecule has 3 aromatic rings. The number of thiazole rings is 1. The van der Waals surface area contributed by atoms with Crippen LogP contribution in [0, 0.1) is 12.7 Å². The van der Waals surface area contributed by atoms with Crippen LogP contribution < -0.4 is 10.1 Å². The summed E-state index contributed by atoms with van der Waals surface area (Å²) in [6.07, 6.45) is 0. The van der Waals surface area contributed by atoms with Crippen LogP contribution in [0.1, 0.15) is 23.1 Å². The lowest BCUT2D eigenvalue weighted by atomic mass is 10.1. The molecule has 1 N–H and O–H groups in total. The molecular formula is C17H17FN4O2S. The first-order valence-electron chi connectivity index (χ1n) is 7.67. The maximum atomic E-state index is 13.5. The molecule has 0 radical (unpaired) electrons. The van der Waals surface area contributed by atoms with Gasteiger partial charge in [0.25, 0.3) is 5.91 Å². The average molecular weight is 360 g/mol. The molecule has 8 heteroatoms. The fraction of sp³-hybridized carbons (Fsp3) is 0.235. The summed E-state index contributed by atoms with van der Waals surface area (Å²) >= 11 is 1.26. The van der Waals surface area contributed by atoms with E-state index in [9.17, 15) is 9.18 Å². The van der Waals surface area contributed by atoms with E-state index in [1.165, 1.54) is 30.6 Å². The zero-order chi connectivity index (χ0) is 18.0. The highest BCUT2D eigenvalue weighted by Crippen LogP contribution is 2.32. The first-order chi connectivity index (χ1) is 12.0. The number of aryl methyl sites for hydroxylation is 2. The van der Waals surface area contributed by atoms with Gasteiger partial charge in [0.15, 0.2) is 5.13 Å². The lowest BCUT2D eigenvalue weighted by molar-refractivity contribution is 0.101. The standard InChI is InChI=1S/C17H17FN4O2S/c1-4-22-14(7-10(2)21-22)16(23)20-17-19-13(9-25-17)12-8-11(18)5-6-15(12)24-3/h5-9H,4H2,1-3H3,(H,19,20,23). The predicted octanol–water partition coefficient (Wildman–Crippen LogP) is 3.73. The summed E-state index contributed by atoms with van der Waals surface area (Å²) in [5.41, 5.74) is 2.32. The Morgan fingerprint density at radius 1 is 1.40 bits per heavy atom. The quantitative estimate of drug-likeness (QED) is 0.753. The van der Waals surface area contributed by atoms with E-state index in [1.54, 1.807) is 22.2 Å². The molecule has 1 amide bonds. The summed E-state index contributed by atoms with van der Waals surface area (Å²) in [5, 5.41) is 9.19. The van der Waals surface area contributed by atoms with E-state index >= 15 is 0 Å². The topological polar surface area (TPSA) is 69.0 Å². The number of aromatic nitrogens is 3. The van der Waals surface area contributed by atoms with Gasteiger partial charge in [-0.3, -0.25) is 14.8 Å². The van der Waals surface area contributed by atoms with Crippen LogP contribution in [0.2, 0.25) is 0 Å². The fourth-order valence-corrected chi connectivity index (χ4v) is 3.17. The molecule has 2 aromatic heterocycles. The van der Waals surface area contributed by atoms with Crippen LogP contribution in [-0.4, -0.2) is 27.8 Å². The van der Waals surface area contributed by atoms with Crippen LogP contribution in [0.4, 0.5) is 9.52 Å². The second-order valence-corrected chi connectivity index (χ2v) is 6.18. The number of nitrogens with zero attached hydrogens (tertiary/aromatic N) is 3. The molecule has 0 saturated carbocycles. The van der Waals surface area contributed by atoms with E-state index in [0.717, 1.165) is 5.69 Å². The van der Waals surface area contributed by atoms with Crippen molar-refractivity contribution >= 4 is 22.4 Å². The third-order valence-electron chi connectivity index (χ3n) is 3.60. The first kappa shape index (κ1) is 17.1. The highest BCUT2D eigenvalue weighted by Gasteiger charge is 2.16. The van der Waals surface area contributed by atoms with Crippen LogP contribution in [0.25, 0.3) is 11.3 Å². The van der Waals surface area contributed by atoms with Crippen molar-refractivity contribution in [3.05, 3.63) is 46.9 Å². The highest BCUT2D eigenvalue weighted by atomic mass is 32.1. The van der Waals surface area contributed by atoms with Gasteiger partial charge in [-0.1, -0.05) is 0 Å². The van der Waals surface area contributed by atoms with Crippen LogP contribution in [-0.2, 0) is 6.54 Å². The van der Waals surface area contributed by atoms with Crippen molar-refractivity contribution in [2.45, 2.75) is 20.4 Å². The average Bonchev–Trinajstić information content (AvgIpc) is 3.21. The largest absolute Gasteiger partial charge is 0.496 e. The van der Waals surface area contributed by atoms with Gasteiger partial charge in [0.2, 0.25) is 0 Å². The third kappa shape index (κ3) is 3.53. The lowest BCUT2D eigenvalue weighted by Gasteiger charge is -2.06. The summed E-state index contributed by atoms with van der Waals surface area (Å²) in [4.78, 5) is 16.8. The van der Waals surface area contributed by atoms with Crippen molar-refractivity contribution in [2.75, 3.05) is 12.4 Å². The molecule has 0 aliphatic carbocycles. The molecule has 130 valence electrons. The monoisotopic (exact) mass is 360 g/mol. The Morgan fingerprint density at radius 3 is 2.92 bits per heavy atom. The molecule has 3 rings (SSSR count). The number of ether oxygens (including phenoxy) is 1. The van der Waals surface area contributed by atoms with Gasteiger partial charge in [-0.05, 0) is 38.1 Å². The summed E-state index contributed by atoms with van der Waals surface area (Å²) in [6.45, 7) is 4.35. The number of carbonyl (C=O) groups is 1. The fourth-order valence-electron chi connectivity index (χ4n) is 2.47. The van der Waals surface area contributed by atoms with Crippen molar-refractivity contribution in [3.63, 3.8) is 0 Å². The molecule has 0 bridgehead atoms. The van der Waals surface area contributed by atoms with Gasteiger partial charge in [-0.25, -0.2) is 9.37 Å². The smallest absolute Gasteiger partial charge is 0.275 e. The Labute approximate surface area is 148 Å². The van der Waals surface area contributed by atoms with Gasteiger partial charge in [0.05, 0.1) is 18.5 Å². The normalized spacial score (nSPS) is 10.7. The van der Waals surface area contributed by atoms with Gasteiger partial charge < -0.3 is 4.74 Å². The summed E-state index contributed by atoms with van der Waals surface area (Å²) in [5.74, 6) is -0.143. The molecule has 0 aliphatic rings. The van der Waals surface area contributed by atoms with E-state index in [0.29, 0.717) is 34.4 Å². The van der Waals surface area contributed by atoms with Gasteiger partial charge in [-0.15, -0.1) is 11.3 Å². The van der Waals surface area contributed by atoms with E-state index in [-0.39, 0.29) is 11.7 Å². The van der Waals surface area contributed by atoms with Crippen molar-refractivity contribution in [2.24, 2.45) is 0 Å². The molecule has 0 unspecified atom stereocenters. The zero-order valence-corrected chi connectivity index (χ0v) is 14.9. The molecule has 0 spiro atoms. The molecule has 0 atom stereocenters. The Morgan fingerprint density at radius 2 is 2.20 bits per heavy atom. The van der Waals surface area contributed by atoms with Crippen LogP contribution in [0.5, 0.6) is 5.75 Å². The maximum absolute atomic E-state index is 13.5. The van der Waals surface area contributed by atoms with Crippen molar-refractivity contribution in [3.8, 4) is 17.0 Å². The van der Waals surface area contributed by atoms with Crippen molar-refractivity contribution < 1.29 is 13.9 Å². The van der Waals surface area contributed by atoms with E-state index in [2.05, 4.69) is 15.4 Å². The van der Waals surface area contributed by atoms with Crippen molar-refractivity contribution in [1.82, 2.24) is 14.8 Å². The number of methoxy groups -OCH3 is 1. The summed E-state index contributed by atoms with van der Waals surface area (Å²) in [7, 11) is 1.51. The molecule has 0 saturated heterocycles. The molecule has 6 nitrogen and oxygen atoms in total. The molecule has 0 fully saturated rings. The number of carbonyl (C=O) groups excluding carboxylic acids is 1. The number of hydrogen-bond donors (Lipinski definition) is 1. The molecule has 0 aliphatic heterocycles. The molecule has 1 aromatic carbocycles. The van der Waals surface area contributed by atoms with Crippen LogP contribution >= 0.6 is 11.3 Å². The predicted molar refractivity (Wildman–Crippen MR) is 94.7 cm³/mol. The molecular weight excluding hydrogens is 343 g/mol. The van der Waals surface area contributed by atoms with Gasteiger partial charge in [-0.2, -0.15) is 5.10 Å². The minimum Gasteiger partial charge on any atom is -0.496 e. The number of hydrogen-bond acceptors (Lipinski definition) is 5. The van der Waals surface area contributed by atoms with Crippen LogP contribution in [0.3, 0.4) is 0 Å². The summed E-state index contributed by atoms with van der Waals surface area (Å²) < 4.78 is 20.4.